The largest absolute Gasteiger partial charge is 0.368 e. The van der Waals surface area contributed by atoms with E-state index < -0.39 is 0 Å². The SMILES string of the molecule is CC(c1ccccc1Cl)N(C)c1nc(N)ncc1Br. The standard InChI is InChI=1S/C13H14BrClN4/c1-8(9-5-3-4-6-11(9)15)19(2)12-10(14)7-17-13(16)18-12/h3-8H,1-2H3,(H2,16,17,18). The molecular weight excluding hydrogens is 328 g/mol. The highest BCUT2D eigenvalue weighted by Crippen LogP contribution is 2.32. The van der Waals surface area contributed by atoms with Gasteiger partial charge in [0.2, 0.25) is 5.95 Å². The number of aromatic nitrogens is 2. The van der Waals surface area contributed by atoms with Crippen LogP contribution in [0.3, 0.4) is 0 Å². The summed E-state index contributed by atoms with van der Waals surface area (Å²) >= 11 is 9.66. The lowest BCUT2D eigenvalue weighted by molar-refractivity contribution is 0.726. The number of nitrogens with two attached hydrogens (primary N) is 1. The molecule has 1 atom stereocenters. The van der Waals surface area contributed by atoms with Gasteiger partial charge < -0.3 is 10.6 Å². The number of halogens is 2. The van der Waals surface area contributed by atoms with Crippen LogP contribution in [0, 0.1) is 0 Å². The molecule has 2 N–H and O–H groups in total. The molecule has 0 spiro atoms. The van der Waals surface area contributed by atoms with Gasteiger partial charge in [-0.2, -0.15) is 4.98 Å². The maximum Gasteiger partial charge on any atom is 0.222 e. The molecule has 1 heterocycles. The zero-order chi connectivity index (χ0) is 14.0. The number of rotatable bonds is 3. The highest BCUT2D eigenvalue weighted by Gasteiger charge is 2.18. The van der Waals surface area contributed by atoms with E-state index in [1.165, 1.54) is 0 Å². The van der Waals surface area contributed by atoms with Crippen molar-refractivity contribution >= 4 is 39.3 Å². The number of anilines is 2. The van der Waals surface area contributed by atoms with Gasteiger partial charge in [-0.1, -0.05) is 29.8 Å². The smallest absolute Gasteiger partial charge is 0.222 e. The molecule has 100 valence electrons. The fourth-order valence-electron chi connectivity index (χ4n) is 1.82. The van der Waals surface area contributed by atoms with Gasteiger partial charge in [0.15, 0.2) is 0 Å². The molecule has 0 fully saturated rings. The molecule has 0 bridgehead atoms. The molecule has 6 heteroatoms. The van der Waals surface area contributed by atoms with Crippen LogP contribution in [-0.4, -0.2) is 17.0 Å². The molecule has 2 aromatic rings. The van der Waals surface area contributed by atoms with Crippen LogP contribution in [0.25, 0.3) is 0 Å². The zero-order valence-electron chi connectivity index (χ0n) is 10.6. The van der Waals surface area contributed by atoms with Crippen LogP contribution < -0.4 is 10.6 Å². The summed E-state index contributed by atoms with van der Waals surface area (Å²) in [7, 11) is 1.94. The van der Waals surface area contributed by atoms with Gasteiger partial charge in [0.05, 0.1) is 10.5 Å². The third-order valence-electron chi connectivity index (χ3n) is 3.01. The Bertz CT molecular complexity index is 591. The molecule has 2 rings (SSSR count). The van der Waals surface area contributed by atoms with Crippen molar-refractivity contribution in [1.82, 2.24) is 9.97 Å². The highest BCUT2D eigenvalue weighted by atomic mass is 79.9. The van der Waals surface area contributed by atoms with Crippen LogP contribution in [0.1, 0.15) is 18.5 Å². The predicted octanol–water partition coefficient (Wildman–Crippen LogP) is 3.67. The Morgan fingerprint density at radius 2 is 2.05 bits per heavy atom. The second-order valence-electron chi connectivity index (χ2n) is 4.21. The monoisotopic (exact) mass is 340 g/mol. The maximum atomic E-state index is 6.23. The van der Waals surface area contributed by atoms with Crippen LogP contribution in [0.4, 0.5) is 11.8 Å². The molecule has 1 aromatic heterocycles. The van der Waals surface area contributed by atoms with Crippen LogP contribution in [0.5, 0.6) is 0 Å². The van der Waals surface area contributed by atoms with E-state index in [1.54, 1.807) is 6.20 Å². The summed E-state index contributed by atoms with van der Waals surface area (Å²) in [5.74, 6) is 0.983. The van der Waals surface area contributed by atoms with E-state index >= 15 is 0 Å². The summed E-state index contributed by atoms with van der Waals surface area (Å²) in [6.45, 7) is 2.06. The molecule has 0 saturated carbocycles. The van der Waals surface area contributed by atoms with E-state index in [9.17, 15) is 0 Å². The summed E-state index contributed by atoms with van der Waals surface area (Å²) < 4.78 is 0.795. The average molecular weight is 342 g/mol. The lowest BCUT2D eigenvalue weighted by Gasteiger charge is -2.27. The minimum atomic E-state index is 0.0688. The Morgan fingerprint density at radius 1 is 1.37 bits per heavy atom. The van der Waals surface area contributed by atoms with E-state index in [-0.39, 0.29) is 12.0 Å². The van der Waals surface area contributed by atoms with Crippen molar-refractivity contribution < 1.29 is 0 Å². The van der Waals surface area contributed by atoms with Crippen molar-refractivity contribution in [2.24, 2.45) is 0 Å². The van der Waals surface area contributed by atoms with Crippen LogP contribution in [-0.2, 0) is 0 Å². The Labute approximate surface area is 125 Å². The van der Waals surface area contributed by atoms with Crippen molar-refractivity contribution in [2.45, 2.75) is 13.0 Å². The summed E-state index contributed by atoms with van der Waals surface area (Å²) in [5, 5.41) is 0.736. The number of hydrogen-bond donors (Lipinski definition) is 1. The maximum absolute atomic E-state index is 6.23. The molecule has 0 aliphatic carbocycles. The number of nitrogen functional groups attached to an aromatic ring is 1. The third-order valence-corrected chi connectivity index (χ3v) is 3.92. The Balaban J connectivity index is 2.36. The van der Waals surface area contributed by atoms with E-state index in [2.05, 4.69) is 32.8 Å². The second kappa shape index (κ2) is 5.75. The fraction of sp³-hybridized carbons (Fsp3) is 0.231. The van der Waals surface area contributed by atoms with E-state index in [1.807, 2.05) is 36.2 Å². The Morgan fingerprint density at radius 3 is 2.74 bits per heavy atom. The van der Waals surface area contributed by atoms with E-state index in [0.717, 1.165) is 20.9 Å². The van der Waals surface area contributed by atoms with Gasteiger partial charge in [-0.3, -0.25) is 0 Å². The minimum absolute atomic E-state index is 0.0688. The molecule has 0 amide bonds. The van der Waals surface area contributed by atoms with Crippen LogP contribution in [0.2, 0.25) is 5.02 Å². The zero-order valence-corrected chi connectivity index (χ0v) is 13.0. The van der Waals surface area contributed by atoms with Crippen molar-refractivity contribution in [1.29, 1.82) is 0 Å². The minimum Gasteiger partial charge on any atom is -0.368 e. The van der Waals surface area contributed by atoms with Gasteiger partial charge in [0.25, 0.3) is 0 Å². The quantitative estimate of drug-likeness (QED) is 0.925. The molecule has 1 unspecified atom stereocenters. The van der Waals surface area contributed by atoms with E-state index in [0.29, 0.717) is 0 Å². The normalized spacial score (nSPS) is 12.2. The number of nitrogens with zero attached hydrogens (tertiary/aromatic N) is 3. The molecule has 0 aliphatic heterocycles. The highest BCUT2D eigenvalue weighted by molar-refractivity contribution is 9.10. The molecule has 1 aromatic carbocycles. The number of hydrogen-bond acceptors (Lipinski definition) is 4. The molecule has 0 radical (unpaired) electrons. The first-order valence-corrected chi connectivity index (χ1v) is 6.93. The molecule has 4 nitrogen and oxygen atoms in total. The van der Waals surface area contributed by atoms with Gasteiger partial charge in [-0.05, 0) is 34.5 Å². The average Bonchev–Trinajstić information content (AvgIpc) is 2.40. The van der Waals surface area contributed by atoms with Crippen molar-refractivity contribution in [3.63, 3.8) is 0 Å². The van der Waals surface area contributed by atoms with Gasteiger partial charge >= 0.3 is 0 Å². The Hall–Kier alpha value is -1.33. The lowest BCUT2D eigenvalue weighted by atomic mass is 10.1. The molecular formula is C13H14BrClN4. The van der Waals surface area contributed by atoms with Crippen molar-refractivity contribution in [2.75, 3.05) is 17.7 Å². The first kappa shape index (κ1) is 14.1. The van der Waals surface area contributed by atoms with Gasteiger partial charge in [-0.15, -0.1) is 0 Å². The second-order valence-corrected chi connectivity index (χ2v) is 5.47. The molecule has 0 saturated heterocycles. The summed E-state index contributed by atoms with van der Waals surface area (Å²) in [4.78, 5) is 10.2. The lowest BCUT2D eigenvalue weighted by Crippen LogP contribution is -2.23. The topological polar surface area (TPSA) is 55.0 Å². The Kier molecular flexibility index (Phi) is 4.27. The van der Waals surface area contributed by atoms with Crippen LogP contribution in [0.15, 0.2) is 34.9 Å². The summed E-state index contributed by atoms with van der Waals surface area (Å²) in [5.41, 5.74) is 6.68. The van der Waals surface area contributed by atoms with Crippen molar-refractivity contribution in [3.8, 4) is 0 Å². The fourth-order valence-corrected chi connectivity index (χ4v) is 2.59. The molecule has 0 aliphatic rings. The van der Waals surface area contributed by atoms with Gasteiger partial charge in [0.1, 0.15) is 5.82 Å². The molecule has 19 heavy (non-hydrogen) atoms. The summed E-state index contributed by atoms with van der Waals surface area (Å²) in [6.07, 6.45) is 1.65. The van der Waals surface area contributed by atoms with E-state index in [4.69, 9.17) is 17.3 Å². The van der Waals surface area contributed by atoms with Gasteiger partial charge in [-0.25, -0.2) is 4.98 Å². The predicted molar refractivity (Wildman–Crippen MR) is 82.4 cm³/mol. The third kappa shape index (κ3) is 2.98. The van der Waals surface area contributed by atoms with Gasteiger partial charge in [0, 0.05) is 18.3 Å². The number of benzene rings is 1. The first-order valence-electron chi connectivity index (χ1n) is 5.76. The van der Waals surface area contributed by atoms with Crippen LogP contribution >= 0.6 is 27.5 Å². The van der Waals surface area contributed by atoms with Crippen molar-refractivity contribution in [3.05, 3.63) is 45.5 Å². The first-order chi connectivity index (χ1) is 9.00. The summed E-state index contributed by atoms with van der Waals surface area (Å²) in [6, 6.07) is 7.83.